The molecule has 4 nitrogen and oxygen atoms in total. The Hall–Kier alpha value is -0.970. The average molecular weight is 235 g/mol. The first-order valence-corrected chi connectivity index (χ1v) is 6.31. The molecular formula is C13H21N3O. The molecule has 1 atom stereocenters. The number of rotatable bonds is 6. The zero-order valence-electron chi connectivity index (χ0n) is 10.2. The molecule has 1 aliphatic heterocycles. The van der Waals surface area contributed by atoms with Crippen LogP contribution in [0.1, 0.15) is 18.4 Å². The highest BCUT2D eigenvalue weighted by molar-refractivity contribution is 5.08. The van der Waals surface area contributed by atoms with Crippen molar-refractivity contribution in [3.8, 4) is 0 Å². The van der Waals surface area contributed by atoms with Crippen LogP contribution >= 0.6 is 0 Å². The second-order valence-corrected chi connectivity index (χ2v) is 4.52. The first kappa shape index (κ1) is 12.5. The van der Waals surface area contributed by atoms with Gasteiger partial charge in [0.15, 0.2) is 0 Å². The number of pyridine rings is 1. The highest BCUT2D eigenvalue weighted by Crippen LogP contribution is 2.14. The van der Waals surface area contributed by atoms with Gasteiger partial charge >= 0.3 is 0 Å². The van der Waals surface area contributed by atoms with Crippen LogP contribution in [-0.2, 0) is 11.3 Å². The van der Waals surface area contributed by atoms with Crippen LogP contribution in [0.25, 0.3) is 0 Å². The van der Waals surface area contributed by atoms with Gasteiger partial charge in [-0.05, 0) is 24.5 Å². The fourth-order valence-corrected chi connectivity index (χ4v) is 2.24. The molecular weight excluding hydrogens is 214 g/mol. The van der Waals surface area contributed by atoms with Crippen LogP contribution in [0.3, 0.4) is 0 Å². The smallest absolute Gasteiger partial charge is 0.0702 e. The van der Waals surface area contributed by atoms with Gasteiger partial charge in [-0.2, -0.15) is 0 Å². The van der Waals surface area contributed by atoms with Crippen molar-refractivity contribution in [1.82, 2.24) is 9.88 Å². The minimum absolute atomic E-state index is 0.387. The summed E-state index contributed by atoms with van der Waals surface area (Å²) in [7, 11) is 0. The Kier molecular flexibility index (Phi) is 4.91. The maximum absolute atomic E-state index is 5.67. The Morgan fingerprint density at radius 1 is 1.53 bits per heavy atom. The summed E-state index contributed by atoms with van der Waals surface area (Å²) in [5, 5.41) is 0. The van der Waals surface area contributed by atoms with Crippen molar-refractivity contribution in [1.29, 1.82) is 0 Å². The van der Waals surface area contributed by atoms with Crippen molar-refractivity contribution in [2.75, 3.05) is 26.2 Å². The Morgan fingerprint density at radius 3 is 3.12 bits per heavy atom. The van der Waals surface area contributed by atoms with Crippen LogP contribution in [0.4, 0.5) is 0 Å². The summed E-state index contributed by atoms with van der Waals surface area (Å²) in [5.41, 5.74) is 6.89. The van der Waals surface area contributed by atoms with Crippen LogP contribution < -0.4 is 5.73 Å². The van der Waals surface area contributed by atoms with E-state index in [2.05, 4.69) is 16.0 Å². The van der Waals surface area contributed by atoms with Gasteiger partial charge in [0.1, 0.15) is 0 Å². The Bertz CT molecular complexity index is 312. The predicted molar refractivity (Wildman–Crippen MR) is 67.5 cm³/mol. The lowest BCUT2D eigenvalue weighted by Crippen LogP contribution is -2.35. The molecule has 0 bridgehead atoms. The summed E-state index contributed by atoms with van der Waals surface area (Å²) in [4.78, 5) is 6.49. The van der Waals surface area contributed by atoms with Gasteiger partial charge in [0, 0.05) is 45.2 Å². The van der Waals surface area contributed by atoms with E-state index >= 15 is 0 Å². The number of ether oxygens (including phenoxy) is 1. The third-order valence-electron chi connectivity index (χ3n) is 3.06. The largest absolute Gasteiger partial charge is 0.377 e. The van der Waals surface area contributed by atoms with Gasteiger partial charge in [-0.25, -0.2) is 0 Å². The standard InChI is InChI=1S/C13H21N3O/c14-5-7-16(11-13-4-2-8-17-13)10-12-3-1-6-15-9-12/h1,3,6,9,13H,2,4-5,7-8,10-11,14H2. The third kappa shape index (κ3) is 4.07. The monoisotopic (exact) mass is 235 g/mol. The molecule has 0 radical (unpaired) electrons. The summed E-state index contributed by atoms with van der Waals surface area (Å²) in [5.74, 6) is 0. The number of hydrogen-bond donors (Lipinski definition) is 1. The predicted octanol–water partition coefficient (Wildman–Crippen LogP) is 1.02. The average Bonchev–Trinajstić information content (AvgIpc) is 2.83. The van der Waals surface area contributed by atoms with E-state index < -0.39 is 0 Å². The van der Waals surface area contributed by atoms with Crippen molar-refractivity contribution in [3.05, 3.63) is 30.1 Å². The SMILES string of the molecule is NCCN(Cc1cccnc1)CC1CCCO1. The molecule has 1 fully saturated rings. The molecule has 94 valence electrons. The van der Waals surface area contributed by atoms with Crippen LogP contribution in [0.15, 0.2) is 24.5 Å². The van der Waals surface area contributed by atoms with E-state index in [1.165, 1.54) is 18.4 Å². The second kappa shape index (κ2) is 6.69. The van der Waals surface area contributed by atoms with Gasteiger partial charge in [0.2, 0.25) is 0 Å². The van der Waals surface area contributed by atoms with Gasteiger partial charge in [-0.15, -0.1) is 0 Å². The van der Waals surface area contributed by atoms with Gasteiger partial charge in [0.05, 0.1) is 6.10 Å². The lowest BCUT2D eigenvalue weighted by molar-refractivity contribution is 0.0716. The molecule has 1 aliphatic rings. The summed E-state index contributed by atoms with van der Waals surface area (Å²) in [6.07, 6.45) is 6.47. The van der Waals surface area contributed by atoms with Gasteiger partial charge in [0.25, 0.3) is 0 Å². The molecule has 0 saturated carbocycles. The van der Waals surface area contributed by atoms with Gasteiger partial charge in [-0.3, -0.25) is 9.88 Å². The zero-order chi connectivity index (χ0) is 11.9. The number of hydrogen-bond acceptors (Lipinski definition) is 4. The molecule has 0 spiro atoms. The summed E-state index contributed by atoms with van der Waals surface area (Å²) in [6.45, 7) is 4.40. The summed E-state index contributed by atoms with van der Waals surface area (Å²) in [6, 6.07) is 4.08. The van der Waals surface area contributed by atoms with Crippen LogP contribution in [0, 0.1) is 0 Å². The number of nitrogens with zero attached hydrogens (tertiary/aromatic N) is 2. The molecule has 1 aromatic rings. The van der Waals surface area contributed by atoms with E-state index in [1.54, 1.807) is 6.20 Å². The van der Waals surface area contributed by atoms with E-state index in [9.17, 15) is 0 Å². The number of aromatic nitrogens is 1. The van der Waals surface area contributed by atoms with Crippen molar-refractivity contribution in [3.63, 3.8) is 0 Å². The van der Waals surface area contributed by atoms with Crippen LogP contribution in [0.2, 0.25) is 0 Å². The lowest BCUT2D eigenvalue weighted by Gasteiger charge is -2.24. The first-order valence-electron chi connectivity index (χ1n) is 6.31. The summed E-state index contributed by atoms with van der Waals surface area (Å²) >= 11 is 0. The van der Waals surface area contributed by atoms with E-state index in [4.69, 9.17) is 10.5 Å². The molecule has 2 N–H and O–H groups in total. The van der Waals surface area contributed by atoms with E-state index in [0.29, 0.717) is 12.6 Å². The number of nitrogens with two attached hydrogens (primary N) is 1. The van der Waals surface area contributed by atoms with Crippen molar-refractivity contribution < 1.29 is 4.74 Å². The minimum atomic E-state index is 0.387. The molecule has 2 heterocycles. The van der Waals surface area contributed by atoms with Gasteiger partial charge in [-0.1, -0.05) is 6.07 Å². The molecule has 2 rings (SSSR count). The molecule has 17 heavy (non-hydrogen) atoms. The van der Waals surface area contributed by atoms with Crippen LogP contribution in [0.5, 0.6) is 0 Å². The fraction of sp³-hybridized carbons (Fsp3) is 0.615. The zero-order valence-corrected chi connectivity index (χ0v) is 10.2. The molecule has 1 saturated heterocycles. The summed E-state index contributed by atoms with van der Waals surface area (Å²) < 4.78 is 5.67. The highest BCUT2D eigenvalue weighted by atomic mass is 16.5. The fourth-order valence-electron chi connectivity index (χ4n) is 2.24. The van der Waals surface area contributed by atoms with Crippen molar-refractivity contribution in [2.24, 2.45) is 5.73 Å². The Balaban J connectivity index is 1.87. The van der Waals surface area contributed by atoms with Crippen LogP contribution in [-0.4, -0.2) is 42.2 Å². The normalized spacial score (nSPS) is 20.0. The maximum atomic E-state index is 5.67. The van der Waals surface area contributed by atoms with Crippen molar-refractivity contribution in [2.45, 2.75) is 25.5 Å². The molecule has 1 unspecified atom stereocenters. The highest BCUT2D eigenvalue weighted by Gasteiger charge is 2.18. The van der Waals surface area contributed by atoms with E-state index in [0.717, 1.165) is 26.2 Å². The Labute approximate surface area is 103 Å². The molecule has 1 aromatic heterocycles. The quantitative estimate of drug-likeness (QED) is 0.800. The molecule has 0 aliphatic carbocycles. The topological polar surface area (TPSA) is 51.4 Å². The first-order chi connectivity index (χ1) is 8.38. The van der Waals surface area contributed by atoms with Crippen molar-refractivity contribution >= 4 is 0 Å². The molecule has 0 amide bonds. The van der Waals surface area contributed by atoms with E-state index in [1.807, 2.05) is 12.3 Å². The maximum Gasteiger partial charge on any atom is 0.0702 e. The lowest BCUT2D eigenvalue weighted by atomic mass is 10.2. The molecule has 0 aromatic carbocycles. The molecule has 4 heteroatoms. The third-order valence-corrected chi connectivity index (χ3v) is 3.06. The Morgan fingerprint density at radius 2 is 2.47 bits per heavy atom. The van der Waals surface area contributed by atoms with Gasteiger partial charge < -0.3 is 10.5 Å². The van der Waals surface area contributed by atoms with E-state index in [-0.39, 0.29) is 0 Å². The minimum Gasteiger partial charge on any atom is -0.377 e. The second-order valence-electron chi connectivity index (χ2n) is 4.52.